The topological polar surface area (TPSA) is 65.9 Å². The molecule has 0 saturated heterocycles. The number of rotatable bonds is 5. The number of carbonyl (C=O) groups excluding carboxylic acids is 1. The van der Waals surface area contributed by atoms with Crippen LogP contribution in [0, 0.1) is 19.7 Å². The van der Waals surface area contributed by atoms with E-state index in [1.54, 1.807) is 36.9 Å². The average Bonchev–Trinajstić information content (AvgIpc) is 2.80. The number of amides is 1. The largest absolute Gasteiger partial charge is 1.00 e. The smallest absolute Gasteiger partial charge is 1.00 e. The van der Waals surface area contributed by atoms with E-state index < -0.39 is 29.8 Å². The fraction of sp³-hybridized carbons (Fsp3) is 0.250. The Balaban J connectivity index is 0.00000216. The van der Waals surface area contributed by atoms with E-state index in [2.05, 4.69) is 4.98 Å². The Labute approximate surface area is 225 Å². The van der Waals surface area contributed by atoms with Crippen LogP contribution in [0.4, 0.5) is 30.2 Å². The summed E-state index contributed by atoms with van der Waals surface area (Å²) in [5, 5.41) is 9.13. The van der Waals surface area contributed by atoms with E-state index in [0.717, 1.165) is 6.07 Å². The fourth-order valence-electron chi connectivity index (χ4n) is 3.92. The van der Waals surface area contributed by atoms with Crippen molar-refractivity contribution >= 4 is 31.4 Å². The van der Waals surface area contributed by atoms with Gasteiger partial charge in [0.2, 0.25) is 5.88 Å². The van der Waals surface area contributed by atoms with Crippen LogP contribution in [-0.2, 0) is 5.92 Å². The molecule has 0 spiro atoms. The van der Waals surface area contributed by atoms with Crippen molar-refractivity contribution in [2.75, 3.05) is 30.2 Å². The molecule has 4 radical (unpaired) electrons. The first kappa shape index (κ1) is 28.7. The molecule has 3 aromatic rings. The predicted molar refractivity (Wildman–Crippen MR) is 124 cm³/mol. The maximum Gasteiger partial charge on any atom is 1.00 e. The third-order valence-corrected chi connectivity index (χ3v) is 5.65. The summed E-state index contributed by atoms with van der Waals surface area (Å²) in [5.41, 5.74) is 2.22. The second kappa shape index (κ2) is 11.0. The number of aryl methyl sites for hydroxylation is 2. The molecule has 0 atom stereocenters. The molecule has 0 unspecified atom stereocenters. The molecular formula is C24H22BF3N3NaO3. The number of aromatic nitrogens is 1. The Morgan fingerprint density at radius 3 is 2.31 bits per heavy atom. The van der Waals surface area contributed by atoms with Crippen molar-refractivity contribution in [1.29, 1.82) is 0 Å². The molecule has 2 heterocycles. The predicted octanol–water partition coefficient (Wildman–Crippen LogP) is 1.31. The zero-order valence-corrected chi connectivity index (χ0v) is 21.8. The Morgan fingerprint density at radius 1 is 1.03 bits per heavy atom. The molecule has 1 aromatic heterocycles. The van der Waals surface area contributed by atoms with E-state index in [9.17, 15) is 18.0 Å². The quantitative estimate of drug-likeness (QED) is 0.546. The minimum atomic E-state index is -3.48. The molecule has 1 amide bonds. The molecule has 1 aliphatic heterocycles. The summed E-state index contributed by atoms with van der Waals surface area (Å²) in [4.78, 5) is 20.9. The summed E-state index contributed by atoms with van der Waals surface area (Å²) in [7, 11) is 1.49. The summed E-state index contributed by atoms with van der Waals surface area (Å²) in [6.45, 7) is 2.06. The first-order chi connectivity index (χ1) is 15.7. The molecule has 0 saturated carbocycles. The summed E-state index contributed by atoms with van der Waals surface area (Å²) >= 11 is 0. The van der Waals surface area contributed by atoms with Crippen LogP contribution in [0.15, 0.2) is 48.5 Å². The summed E-state index contributed by atoms with van der Waals surface area (Å²) in [6.07, 6.45) is 0. The van der Waals surface area contributed by atoms with E-state index in [1.165, 1.54) is 36.3 Å². The van der Waals surface area contributed by atoms with Gasteiger partial charge < -0.3 is 23.2 Å². The molecule has 11 heteroatoms. The van der Waals surface area contributed by atoms with Crippen molar-refractivity contribution < 1.29 is 57.4 Å². The first-order valence-corrected chi connectivity index (χ1v) is 10.2. The molecule has 1 N–H and O–H groups in total. The van der Waals surface area contributed by atoms with Gasteiger partial charge in [-0.25, -0.2) is 9.37 Å². The molecule has 4 rings (SSSR count). The number of alkyl halides is 2. The molecule has 0 fully saturated rings. The van der Waals surface area contributed by atoms with Crippen LogP contribution in [0.25, 0.3) is 0 Å². The summed E-state index contributed by atoms with van der Waals surface area (Å²) in [5.74, 6) is -3.91. The van der Waals surface area contributed by atoms with Gasteiger partial charge in [0.05, 0.1) is 29.7 Å². The maximum absolute atomic E-state index is 14.2. The number of anilines is 3. The number of carbonyl (C=O) groups is 1. The van der Waals surface area contributed by atoms with Crippen molar-refractivity contribution in [3.8, 4) is 5.88 Å². The Hall–Kier alpha value is -2.53. The van der Waals surface area contributed by atoms with Gasteiger partial charge in [-0.05, 0) is 55.8 Å². The molecule has 6 nitrogen and oxygen atoms in total. The number of halogens is 3. The number of nitrogens with zero attached hydrogens (tertiary/aromatic N) is 3. The summed E-state index contributed by atoms with van der Waals surface area (Å²) < 4.78 is 47.4. The van der Waals surface area contributed by atoms with Crippen LogP contribution in [0.5, 0.6) is 5.88 Å². The normalized spacial score (nSPS) is 13.1. The number of hydrogen-bond donors (Lipinski definition) is 1. The van der Waals surface area contributed by atoms with Gasteiger partial charge in [0, 0.05) is 17.3 Å². The molecular weight excluding hydrogens is 469 g/mol. The average molecular weight is 491 g/mol. The second-order valence-electron chi connectivity index (χ2n) is 7.79. The molecule has 0 bridgehead atoms. The van der Waals surface area contributed by atoms with Gasteiger partial charge >= 0.3 is 29.6 Å². The van der Waals surface area contributed by atoms with Crippen molar-refractivity contribution in [2.24, 2.45) is 0 Å². The van der Waals surface area contributed by atoms with Crippen molar-refractivity contribution in [1.82, 2.24) is 4.98 Å². The molecule has 1 aliphatic rings. The van der Waals surface area contributed by atoms with Crippen LogP contribution in [0.3, 0.4) is 0 Å². The fourth-order valence-corrected chi connectivity index (χ4v) is 3.92. The van der Waals surface area contributed by atoms with Crippen LogP contribution >= 0.6 is 0 Å². The van der Waals surface area contributed by atoms with E-state index in [0.29, 0.717) is 28.5 Å². The Bertz CT molecular complexity index is 1250. The van der Waals surface area contributed by atoms with Crippen molar-refractivity contribution in [3.05, 3.63) is 76.7 Å². The van der Waals surface area contributed by atoms with Gasteiger partial charge in [0.15, 0.2) is 0 Å². The minimum Gasteiger partial charge on any atom is -1.00 e. The van der Waals surface area contributed by atoms with Gasteiger partial charge in [0.1, 0.15) is 19.1 Å². The number of benzene rings is 2. The number of fused-ring (bicyclic) bond motifs is 1. The summed E-state index contributed by atoms with van der Waals surface area (Å²) in [6, 6.07) is 11.1. The Kier molecular flexibility index (Phi) is 9.05. The van der Waals surface area contributed by atoms with Crippen LogP contribution in [-0.4, -0.2) is 44.8 Å². The van der Waals surface area contributed by atoms with Gasteiger partial charge in [-0.1, -0.05) is 6.07 Å². The number of pyridine rings is 1. The first-order valence-electron chi connectivity index (χ1n) is 10.2. The van der Waals surface area contributed by atoms with Crippen LogP contribution in [0.2, 0.25) is 0 Å². The zero-order valence-electron chi connectivity index (χ0n) is 19.8. The van der Waals surface area contributed by atoms with Gasteiger partial charge in [-0.2, -0.15) is 8.78 Å². The van der Waals surface area contributed by atoms with E-state index in [-0.39, 0.29) is 55.9 Å². The van der Waals surface area contributed by atoms with Gasteiger partial charge in [-0.15, -0.1) is 0 Å². The van der Waals surface area contributed by atoms with Gasteiger partial charge in [-0.3, -0.25) is 9.69 Å². The number of aliphatic hydroxyl groups excluding tert-OH is 1. The molecule has 2 aromatic carbocycles. The van der Waals surface area contributed by atoms with Crippen molar-refractivity contribution in [3.63, 3.8) is 0 Å². The maximum atomic E-state index is 14.2. The Morgan fingerprint density at radius 2 is 1.71 bits per heavy atom. The monoisotopic (exact) mass is 491 g/mol. The van der Waals surface area contributed by atoms with Gasteiger partial charge in [0.25, 0.3) is 11.8 Å². The van der Waals surface area contributed by atoms with E-state index in [1.807, 2.05) is 0 Å². The number of methoxy groups -OCH3 is 1. The van der Waals surface area contributed by atoms with Crippen LogP contribution < -0.4 is 44.1 Å². The zero-order chi connectivity index (χ0) is 23.9. The van der Waals surface area contributed by atoms with E-state index >= 15 is 0 Å². The number of ether oxygens (including phenoxy) is 1. The molecule has 0 aliphatic carbocycles. The number of hydrogen-bond acceptors (Lipinski definition) is 5. The number of aliphatic hydroxyl groups is 1. The SMILES string of the molecule is COc1ccc(N2CN(c3ccc(F)cc3C)c3cc(C(F)(F)CO)ccc3C2=O)c(C)n1.[B-].[Na+]. The third-order valence-electron chi connectivity index (χ3n) is 5.65. The molecule has 35 heavy (non-hydrogen) atoms. The van der Waals surface area contributed by atoms with Crippen molar-refractivity contribution in [2.45, 2.75) is 19.8 Å². The standard InChI is InChI=1S/C24H22F3N3O3.B.Na/c1-14-10-17(25)5-7-19(14)29-13-30(20-8-9-22(33-3)28-15(20)2)23(32)18-6-4-16(11-21(18)29)24(26,27)12-31;;/h4-11,31H,12-13H2,1-3H3;;/q;-1;+1. The van der Waals surface area contributed by atoms with E-state index in [4.69, 9.17) is 9.84 Å². The minimum absolute atomic E-state index is 0. The third kappa shape index (κ3) is 5.35. The second-order valence-corrected chi connectivity index (χ2v) is 7.79. The van der Waals surface area contributed by atoms with Crippen LogP contribution in [0.1, 0.15) is 27.2 Å². The molecule has 176 valence electrons.